The summed E-state index contributed by atoms with van der Waals surface area (Å²) in [5.74, 6) is 0.740. The van der Waals surface area contributed by atoms with Crippen LogP contribution in [-0.2, 0) is 13.1 Å². The lowest BCUT2D eigenvalue weighted by atomic mass is 10.2. The molecule has 0 fully saturated rings. The van der Waals surface area contributed by atoms with Crippen LogP contribution >= 0.6 is 15.9 Å². The highest BCUT2D eigenvalue weighted by molar-refractivity contribution is 9.10. The Hall–Kier alpha value is -1.73. The van der Waals surface area contributed by atoms with Gasteiger partial charge < -0.3 is 9.84 Å². The van der Waals surface area contributed by atoms with Gasteiger partial charge in [0.05, 0.1) is 21.6 Å². The number of aromatic nitrogens is 1. The predicted molar refractivity (Wildman–Crippen MR) is 72.6 cm³/mol. The first-order chi connectivity index (χ1) is 9.06. The molecular formula is C12H12BrN3O3. The average molecular weight is 326 g/mol. The maximum Gasteiger partial charge on any atom is 0.283 e. The molecule has 0 bridgehead atoms. The molecule has 7 heteroatoms. The summed E-state index contributed by atoms with van der Waals surface area (Å²) >= 11 is 3.15. The molecule has 1 N–H and O–H groups in total. The Labute approximate surface area is 118 Å². The van der Waals surface area contributed by atoms with Crippen molar-refractivity contribution in [3.8, 4) is 0 Å². The molecule has 0 aliphatic rings. The zero-order valence-corrected chi connectivity index (χ0v) is 11.8. The Balaban J connectivity index is 1.96. The number of nitro groups is 1. The van der Waals surface area contributed by atoms with Crippen LogP contribution in [-0.4, -0.2) is 10.1 Å². The number of halogens is 1. The molecule has 0 saturated heterocycles. The summed E-state index contributed by atoms with van der Waals surface area (Å²) in [6.45, 7) is 2.91. The van der Waals surface area contributed by atoms with Crippen LogP contribution in [0.2, 0.25) is 0 Å². The van der Waals surface area contributed by atoms with E-state index in [0.717, 1.165) is 17.0 Å². The van der Waals surface area contributed by atoms with Crippen LogP contribution in [0.1, 0.15) is 17.0 Å². The number of rotatable bonds is 5. The third-order valence-electron chi connectivity index (χ3n) is 2.51. The third kappa shape index (κ3) is 3.62. The van der Waals surface area contributed by atoms with E-state index in [9.17, 15) is 10.1 Å². The Morgan fingerprint density at radius 3 is 2.84 bits per heavy atom. The van der Waals surface area contributed by atoms with E-state index in [1.165, 1.54) is 0 Å². The minimum Gasteiger partial charge on any atom is -0.360 e. The molecule has 19 heavy (non-hydrogen) atoms. The molecule has 0 spiro atoms. The van der Waals surface area contributed by atoms with Crippen LogP contribution in [0.15, 0.2) is 33.3 Å². The molecule has 0 saturated carbocycles. The third-order valence-corrected chi connectivity index (χ3v) is 3.18. The van der Waals surface area contributed by atoms with Crippen molar-refractivity contribution in [1.29, 1.82) is 0 Å². The quantitative estimate of drug-likeness (QED) is 0.675. The van der Waals surface area contributed by atoms with Crippen LogP contribution in [0.3, 0.4) is 0 Å². The molecule has 1 aromatic carbocycles. The SMILES string of the molecule is Cc1cc(CNCc2ccc(Br)c([N+](=O)[O-])c2)on1. The minimum absolute atomic E-state index is 0.0646. The summed E-state index contributed by atoms with van der Waals surface area (Å²) in [5, 5.41) is 17.7. The van der Waals surface area contributed by atoms with Gasteiger partial charge in [-0.2, -0.15) is 0 Å². The molecule has 6 nitrogen and oxygen atoms in total. The second-order valence-electron chi connectivity index (χ2n) is 4.08. The van der Waals surface area contributed by atoms with Gasteiger partial charge in [0.1, 0.15) is 0 Å². The smallest absolute Gasteiger partial charge is 0.283 e. The fourth-order valence-electron chi connectivity index (χ4n) is 1.64. The van der Waals surface area contributed by atoms with Crippen molar-refractivity contribution >= 4 is 21.6 Å². The molecule has 0 unspecified atom stereocenters. The summed E-state index contributed by atoms with van der Waals surface area (Å²) in [6, 6.07) is 6.89. The number of nitrogens with zero attached hydrogens (tertiary/aromatic N) is 2. The zero-order valence-electron chi connectivity index (χ0n) is 10.2. The summed E-state index contributed by atoms with van der Waals surface area (Å²) in [7, 11) is 0. The molecule has 100 valence electrons. The van der Waals surface area contributed by atoms with Gasteiger partial charge in [-0.3, -0.25) is 10.1 Å². The van der Waals surface area contributed by atoms with Crippen molar-refractivity contribution in [1.82, 2.24) is 10.5 Å². The fraction of sp³-hybridized carbons (Fsp3) is 0.250. The highest BCUT2D eigenvalue weighted by Gasteiger charge is 2.12. The predicted octanol–water partition coefficient (Wildman–Crippen LogP) is 2.94. The number of hydrogen-bond donors (Lipinski definition) is 1. The minimum atomic E-state index is -0.409. The molecule has 0 radical (unpaired) electrons. The maximum absolute atomic E-state index is 10.8. The van der Waals surface area contributed by atoms with Crippen molar-refractivity contribution in [3.63, 3.8) is 0 Å². The van der Waals surface area contributed by atoms with E-state index in [1.807, 2.05) is 19.1 Å². The second kappa shape index (κ2) is 5.94. The molecule has 0 atom stereocenters. The Morgan fingerprint density at radius 2 is 2.21 bits per heavy atom. The van der Waals surface area contributed by atoms with E-state index in [0.29, 0.717) is 17.6 Å². The van der Waals surface area contributed by atoms with Crippen molar-refractivity contribution in [2.75, 3.05) is 0 Å². The summed E-state index contributed by atoms with van der Waals surface area (Å²) < 4.78 is 5.53. The molecule has 1 aromatic heterocycles. The summed E-state index contributed by atoms with van der Waals surface area (Å²) in [5.41, 5.74) is 1.73. The second-order valence-corrected chi connectivity index (χ2v) is 4.94. The van der Waals surface area contributed by atoms with E-state index in [2.05, 4.69) is 26.4 Å². The van der Waals surface area contributed by atoms with E-state index in [4.69, 9.17) is 4.52 Å². The highest BCUT2D eigenvalue weighted by Crippen LogP contribution is 2.25. The molecule has 2 rings (SSSR count). The molecular weight excluding hydrogens is 314 g/mol. The monoisotopic (exact) mass is 325 g/mol. The normalized spacial score (nSPS) is 10.6. The van der Waals surface area contributed by atoms with Gasteiger partial charge in [-0.25, -0.2) is 0 Å². The maximum atomic E-state index is 10.8. The summed E-state index contributed by atoms with van der Waals surface area (Å²) in [6.07, 6.45) is 0. The zero-order chi connectivity index (χ0) is 13.8. The first kappa shape index (κ1) is 13.7. The van der Waals surface area contributed by atoms with Gasteiger partial charge in [0, 0.05) is 18.7 Å². The molecule has 0 aliphatic heterocycles. The van der Waals surface area contributed by atoms with Gasteiger partial charge in [-0.1, -0.05) is 11.2 Å². The molecule has 0 aliphatic carbocycles. The van der Waals surface area contributed by atoms with Crippen molar-refractivity contribution in [3.05, 3.63) is 55.9 Å². The lowest BCUT2D eigenvalue weighted by Crippen LogP contribution is -2.12. The van der Waals surface area contributed by atoms with Crippen molar-refractivity contribution in [2.45, 2.75) is 20.0 Å². The molecule has 2 aromatic rings. The van der Waals surface area contributed by atoms with Crippen molar-refractivity contribution in [2.24, 2.45) is 0 Å². The van der Waals surface area contributed by atoms with Crippen LogP contribution in [0, 0.1) is 17.0 Å². The number of aryl methyl sites for hydroxylation is 1. The number of benzene rings is 1. The Morgan fingerprint density at radius 1 is 1.42 bits per heavy atom. The first-order valence-corrected chi connectivity index (χ1v) is 6.41. The topological polar surface area (TPSA) is 81.2 Å². The van der Waals surface area contributed by atoms with E-state index < -0.39 is 4.92 Å². The van der Waals surface area contributed by atoms with Gasteiger partial charge in [0.25, 0.3) is 5.69 Å². The standard InChI is InChI=1S/C12H12BrN3O3/c1-8-4-10(19-15-8)7-14-6-9-2-3-11(13)12(5-9)16(17)18/h2-5,14H,6-7H2,1H3. The van der Waals surface area contributed by atoms with Gasteiger partial charge >= 0.3 is 0 Å². The Kier molecular flexibility index (Phi) is 4.28. The average Bonchev–Trinajstić information content (AvgIpc) is 2.77. The lowest BCUT2D eigenvalue weighted by Gasteiger charge is -2.03. The van der Waals surface area contributed by atoms with Gasteiger partial charge in [0.2, 0.25) is 0 Å². The van der Waals surface area contributed by atoms with Gasteiger partial charge in [-0.05, 0) is 34.5 Å². The van der Waals surface area contributed by atoms with Gasteiger partial charge in [0.15, 0.2) is 5.76 Å². The van der Waals surface area contributed by atoms with Crippen LogP contribution < -0.4 is 5.32 Å². The van der Waals surface area contributed by atoms with Crippen LogP contribution in [0.5, 0.6) is 0 Å². The number of nitro benzene ring substituents is 1. The number of nitrogens with one attached hydrogen (secondary N) is 1. The van der Waals surface area contributed by atoms with Crippen LogP contribution in [0.25, 0.3) is 0 Å². The van der Waals surface area contributed by atoms with E-state index in [-0.39, 0.29) is 5.69 Å². The van der Waals surface area contributed by atoms with Crippen molar-refractivity contribution < 1.29 is 9.45 Å². The fourth-order valence-corrected chi connectivity index (χ4v) is 2.03. The van der Waals surface area contributed by atoms with E-state index >= 15 is 0 Å². The summed E-state index contributed by atoms with van der Waals surface area (Å²) in [4.78, 5) is 10.4. The highest BCUT2D eigenvalue weighted by atomic mass is 79.9. The molecule has 1 heterocycles. The lowest BCUT2D eigenvalue weighted by molar-refractivity contribution is -0.385. The Bertz CT molecular complexity index is 598. The van der Waals surface area contributed by atoms with Crippen LogP contribution in [0.4, 0.5) is 5.69 Å². The first-order valence-electron chi connectivity index (χ1n) is 5.62. The number of hydrogen-bond acceptors (Lipinski definition) is 5. The molecule has 0 amide bonds. The largest absolute Gasteiger partial charge is 0.360 e. The van der Waals surface area contributed by atoms with E-state index in [1.54, 1.807) is 12.1 Å². The van der Waals surface area contributed by atoms with Gasteiger partial charge in [-0.15, -0.1) is 0 Å².